The molecule has 2 heteroatoms. The molecule has 19 heavy (non-hydrogen) atoms. The summed E-state index contributed by atoms with van der Waals surface area (Å²) in [5.41, 5.74) is 1.83. The van der Waals surface area contributed by atoms with Crippen LogP contribution in [0.2, 0.25) is 32.3 Å². The normalized spacial score (nSPS) is 13.4. The molecular formula is C17H37BSi. The molecular weight excluding hydrogens is 243 g/mol. The molecule has 0 nitrogen and oxygen atoms in total. The quantitative estimate of drug-likeness (QED) is 0.312. The van der Waals surface area contributed by atoms with E-state index in [1.165, 1.54) is 51.2 Å². The molecule has 0 aliphatic carbocycles. The fraction of sp³-hybridized carbons (Fsp3) is 0.882. The average molecular weight is 280 g/mol. The minimum absolute atomic E-state index is 0.845. The smallest absolute Gasteiger partial charge is 0.106 e. The van der Waals surface area contributed by atoms with E-state index in [1.807, 2.05) is 10.7 Å². The van der Waals surface area contributed by atoms with Crippen LogP contribution in [0.1, 0.15) is 66.2 Å². The fourth-order valence-corrected chi connectivity index (χ4v) is 5.55. The van der Waals surface area contributed by atoms with Gasteiger partial charge in [0, 0.05) is 0 Å². The first kappa shape index (κ1) is 19.0. The minimum atomic E-state index is -1.15. The van der Waals surface area contributed by atoms with Gasteiger partial charge in [0.1, 0.15) is 0 Å². The van der Waals surface area contributed by atoms with Gasteiger partial charge in [0.15, 0.2) is 6.71 Å². The maximum Gasteiger partial charge on any atom is 0.169 e. The van der Waals surface area contributed by atoms with Gasteiger partial charge in [-0.15, -0.1) is 5.47 Å². The molecule has 0 aliphatic rings. The molecule has 0 atom stereocenters. The lowest BCUT2D eigenvalue weighted by Crippen LogP contribution is -2.29. The topological polar surface area (TPSA) is 0 Å². The van der Waals surface area contributed by atoms with Crippen molar-refractivity contribution in [3.63, 3.8) is 0 Å². The maximum atomic E-state index is 2.54. The Balaban J connectivity index is 5.05. The molecule has 0 aromatic rings. The lowest BCUT2D eigenvalue weighted by Gasteiger charge is -2.28. The van der Waals surface area contributed by atoms with Gasteiger partial charge in [0.05, 0.1) is 8.07 Å². The van der Waals surface area contributed by atoms with Crippen LogP contribution in [0.15, 0.2) is 10.7 Å². The molecule has 112 valence electrons. The Morgan fingerprint density at radius 2 is 1.42 bits per heavy atom. The van der Waals surface area contributed by atoms with E-state index < -0.39 is 8.07 Å². The molecule has 0 saturated carbocycles. The molecule has 0 aliphatic heterocycles. The zero-order chi connectivity index (χ0) is 14.9. The van der Waals surface area contributed by atoms with Crippen LogP contribution in [-0.2, 0) is 0 Å². The van der Waals surface area contributed by atoms with Crippen LogP contribution in [0.5, 0.6) is 0 Å². The molecule has 0 saturated heterocycles. The molecule has 0 radical (unpaired) electrons. The van der Waals surface area contributed by atoms with Crippen molar-refractivity contribution in [2.75, 3.05) is 0 Å². The molecule has 0 aromatic carbocycles. The second-order valence-corrected chi connectivity index (χ2v) is 12.0. The second kappa shape index (κ2) is 9.85. The SMILES string of the molecule is CCCCCC/C(=C(\CC)B(CC)CC)[Si](C)(C)C. The van der Waals surface area contributed by atoms with Gasteiger partial charge < -0.3 is 0 Å². The molecule has 0 bridgehead atoms. The van der Waals surface area contributed by atoms with Gasteiger partial charge in [-0.05, 0) is 19.3 Å². The minimum Gasteiger partial charge on any atom is -0.106 e. The summed E-state index contributed by atoms with van der Waals surface area (Å²) in [6, 6.07) is 0. The van der Waals surface area contributed by atoms with Crippen molar-refractivity contribution in [3.05, 3.63) is 10.7 Å². The first-order valence-electron chi connectivity index (χ1n) is 8.64. The molecule has 0 unspecified atom stereocenters. The summed E-state index contributed by atoms with van der Waals surface area (Å²) in [6.45, 7) is 17.9. The molecule has 0 heterocycles. The lowest BCUT2D eigenvalue weighted by atomic mass is 9.40. The van der Waals surface area contributed by atoms with Crippen molar-refractivity contribution in [2.24, 2.45) is 0 Å². The van der Waals surface area contributed by atoms with Crippen molar-refractivity contribution in [1.82, 2.24) is 0 Å². The molecule has 0 fully saturated rings. The summed E-state index contributed by atoms with van der Waals surface area (Å²) in [6.07, 6.45) is 10.9. The Labute approximate surface area is 124 Å². The highest BCUT2D eigenvalue weighted by Gasteiger charge is 2.25. The fourth-order valence-electron chi connectivity index (χ4n) is 3.28. The predicted octanol–water partition coefficient (Wildman–Crippen LogP) is 6.61. The summed E-state index contributed by atoms with van der Waals surface area (Å²) in [5.74, 6) is 0. The van der Waals surface area contributed by atoms with Crippen LogP contribution in [0.25, 0.3) is 0 Å². The van der Waals surface area contributed by atoms with Crippen LogP contribution in [-0.4, -0.2) is 14.8 Å². The molecule has 0 rings (SSSR count). The molecule has 0 aromatic heterocycles. The Morgan fingerprint density at radius 1 is 0.842 bits per heavy atom. The van der Waals surface area contributed by atoms with E-state index in [9.17, 15) is 0 Å². The number of hydrogen-bond acceptors (Lipinski definition) is 0. The Kier molecular flexibility index (Phi) is 9.86. The highest BCUT2D eigenvalue weighted by Crippen LogP contribution is 2.29. The summed E-state index contributed by atoms with van der Waals surface area (Å²) >= 11 is 0. The Hall–Kier alpha value is 0.0218. The first-order valence-corrected chi connectivity index (χ1v) is 12.1. The highest BCUT2D eigenvalue weighted by molar-refractivity contribution is 6.85. The first-order chi connectivity index (χ1) is 8.92. The van der Waals surface area contributed by atoms with E-state index in [4.69, 9.17) is 0 Å². The lowest BCUT2D eigenvalue weighted by molar-refractivity contribution is 0.668. The summed E-state index contributed by atoms with van der Waals surface area (Å²) < 4.78 is 0. The van der Waals surface area contributed by atoms with Gasteiger partial charge in [0.25, 0.3) is 0 Å². The average Bonchev–Trinajstić information content (AvgIpc) is 2.35. The van der Waals surface area contributed by atoms with Crippen molar-refractivity contribution in [2.45, 2.75) is 98.5 Å². The van der Waals surface area contributed by atoms with Crippen molar-refractivity contribution in [3.8, 4) is 0 Å². The number of allylic oxidation sites excluding steroid dienone is 2. The zero-order valence-electron chi connectivity index (χ0n) is 14.7. The molecule has 0 spiro atoms. The van der Waals surface area contributed by atoms with E-state index in [0.29, 0.717) is 0 Å². The van der Waals surface area contributed by atoms with Crippen LogP contribution < -0.4 is 0 Å². The second-order valence-electron chi connectivity index (χ2n) is 6.93. The number of rotatable bonds is 10. The van der Waals surface area contributed by atoms with Crippen LogP contribution in [0.3, 0.4) is 0 Å². The maximum absolute atomic E-state index is 2.54. The van der Waals surface area contributed by atoms with Gasteiger partial charge in [-0.25, -0.2) is 0 Å². The third-order valence-corrected chi connectivity index (χ3v) is 6.81. The monoisotopic (exact) mass is 280 g/mol. The predicted molar refractivity (Wildman–Crippen MR) is 96.1 cm³/mol. The van der Waals surface area contributed by atoms with Crippen LogP contribution in [0, 0.1) is 0 Å². The third-order valence-electron chi connectivity index (χ3n) is 4.43. The van der Waals surface area contributed by atoms with E-state index in [1.54, 1.807) is 0 Å². The zero-order valence-corrected chi connectivity index (χ0v) is 15.7. The summed E-state index contributed by atoms with van der Waals surface area (Å²) in [4.78, 5) is 0. The largest absolute Gasteiger partial charge is 0.169 e. The van der Waals surface area contributed by atoms with Gasteiger partial charge >= 0.3 is 0 Å². The number of hydrogen-bond donors (Lipinski definition) is 0. The Bertz CT molecular complexity index is 259. The van der Waals surface area contributed by atoms with Gasteiger partial charge in [0.2, 0.25) is 0 Å². The van der Waals surface area contributed by atoms with Crippen LogP contribution >= 0.6 is 0 Å². The van der Waals surface area contributed by atoms with Gasteiger partial charge in [-0.2, -0.15) is 0 Å². The van der Waals surface area contributed by atoms with Gasteiger partial charge in [-0.1, -0.05) is 84.4 Å². The molecule has 0 N–H and O–H groups in total. The summed E-state index contributed by atoms with van der Waals surface area (Å²) in [7, 11) is -1.15. The number of unbranched alkanes of at least 4 members (excludes halogenated alkanes) is 3. The molecule has 0 amide bonds. The Morgan fingerprint density at radius 3 is 1.79 bits per heavy atom. The van der Waals surface area contributed by atoms with Gasteiger partial charge in [-0.3, -0.25) is 0 Å². The van der Waals surface area contributed by atoms with Crippen molar-refractivity contribution < 1.29 is 0 Å². The van der Waals surface area contributed by atoms with Crippen molar-refractivity contribution >= 4 is 14.8 Å². The highest BCUT2D eigenvalue weighted by atomic mass is 28.3. The van der Waals surface area contributed by atoms with E-state index in [2.05, 4.69) is 47.3 Å². The van der Waals surface area contributed by atoms with Crippen molar-refractivity contribution in [1.29, 1.82) is 0 Å². The van der Waals surface area contributed by atoms with E-state index in [0.717, 1.165) is 6.71 Å². The third kappa shape index (κ3) is 6.83. The van der Waals surface area contributed by atoms with E-state index >= 15 is 0 Å². The van der Waals surface area contributed by atoms with E-state index in [-0.39, 0.29) is 0 Å². The standard InChI is InChI=1S/C17H37BSi/c1-8-12-13-14-15-17(19(5,6)7)16(9-2)18(10-3)11-4/h8-15H2,1-7H3/b17-16-. The van der Waals surface area contributed by atoms with Crippen LogP contribution in [0.4, 0.5) is 0 Å². The summed E-state index contributed by atoms with van der Waals surface area (Å²) in [5, 5.41) is 1.90.